The highest BCUT2D eigenvalue weighted by molar-refractivity contribution is 6.04. The molecule has 104 valence electrons. The topological polar surface area (TPSA) is 50.2 Å². The summed E-state index contributed by atoms with van der Waals surface area (Å²) in [4.78, 5) is 15.8. The first-order chi connectivity index (χ1) is 9.31. The Morgan fingerprint density at radius 2 is 2.05 bits per heavy atom. The number of hydrogen-bond donors (Lipinski definition) is 1. The monoisotopic (exact) mass is 277 g/mol. The lowest BCUT2D eigenvalue weighted by molar-refractivity contribution is 0.0698. The van der Waals surface area contributed by atoms with Gasteiger partial charge in [0, 0.05) is 16.9 Å². The third-order valence-electron chi connectivity index (χ3n) is 3.96. The number of carboxylic acids is 1. The summed E-state index contributed by atoms with van der Waals surface area (Å²) in [5.41, 5.74) is 0.813. The fourth-order valence-corrected chi connectivity index (χ4v) is 2.93. The molecule has 3 nitrogen and oxygen atoms in total. The smallest absolute Gasteiger partial charge is 0.336 e. The molecule has 0 unspecified atom stereocenters. The first-order valence-electron chi connectivity index (χ1n) is 6.36. The molecule has 1 heterocycles. The van der Waals surface area contributed by atoms with E-state index in [1.165, 1.54) is 0 Å². The molecule has 0 fully saturated rings. The van der Waals surface area contributed by atoms with Gasteiger partial charge in [-0.2, -0.15) is 0 Å². The molecule has 3 rings (SSSR count). The Hall–Kier alpha value is -2.04. The molecule has 2 aromatic rings. The number of aromatic carboxylic acids is 1. The molecule has 1 aliphatic carbocycles. The predicted molar refractivity (Wildman–Crippen MR) is 70.0 cm³/mol. The van der Waals surface area contributed by atoms with Crippen LogP contribution < -0.4 is 0 Å². The third-order valence-corrected chi connectivity index (χ3v) is 3.96. The lowest BCUT2D eigenvalue weighted by Crippen LogP contribution is -2.16. The van der Waals surface area contributed by atoms with Crippen LogP contribution in [0, 0.1) is 11.6 Å². The van der Waals surface area contributed by atoms with Crippen molar-refractivity contribution >= 4 is 16.9 Å². The molecular weight excluding hydrogens is 264 g/mol. The largest absolute Gasteiger partial charge is 0.478 e. The molecule has 20 heavy (non-hydrogen) atoms. The standard InChI is InChI=1S/C15H13F2NO2/c1-15(2)4-3-8-11(14(19)20)9-5-7(16)6-10(17)12(9)18-13(8)15/h5-6H,3-4H2,1-2H3,(H,19,20). The summed E-state index contributed by atoms with van der Waals surface area (Å²) >= 11 is 0. The number of pyridine rings is 1. The van der Waals surface area contributed by atoms with Crippen molar-refractivity contribution in [1.29, 1.82) is 0 Å². The molecule has 0 amide bonds. The molecular formula is C15H13F2NO2. The van der Waals surface area contributed by atoms with Gasteiger partial charge in [0.15, 0.2) is 5.82 Å². The average Bonchev–Trinajstić information content (AvgIpc) is 2.62. The minimum absolute atomic E-state index is 0.0195. The fraction of sp³-hybridized carbons (Fsp3) is 0.333. The van der Waals surface area contributed by atoms with Crippen LogP contribution in [0.1, 0.15) is 41.9 Å². The summed E-state index contributed by atoms with van der Waals surface area (Å²) < 4.78 is 27.3. The zero-order valence-electron chi connectivity index (χ0n) is 11.1. The maximum absolute atomic E-state index is 13.9. The highest BCUT2D eigenvalue weighted by Gasteiger charge is 2.36. The van der Waals surface area contributed by atoms with Gasteiger partial charge in [-0.15, -0.1) is 0 Å². The van der Waals surface area contributed by atoms with Gasteiger partial charge in [0.2, 0.25) is 0 Å². The van der Waals surface area contributed by atoms with E-state index in [0.29, 0.717) is 17.7 Å². The van der Waals surface area contributed by atoms with Gasteiger partial charge in [0.05, 0.1) is 11.3 Å². The lowest BCUT2D eigenvalue weighted by Gasteiger charge is -2.19. The van der Waals surface area contributed by atoms with Crippen LogP contribution in [0.4, 0.5) is 8.78 Å². The summed E-state index contributed by atoms with van der Waals surface area (Å²) in [5, 5.41) is 9.46. The van der Waals surface area contributed by atoms with Crippen LogP contribution in [-0.4, -0.2) is 16.1 Å². The van der Waals surface area contributed by atoms with Crippen molar-refractivity contribution in [2.24, 2.45) is 0 Å². The molecule has 0 saturated heterocycles. The Morgan fingerprint density at radius 1 is 1.35 bits per heavy atom. The molecule has 0 atom stereocenters. The third kappa shape index (κ3) is 1.69. The van der Waals surface area contributed by atoms with E-state index in [0.717, 1.165) is 18.6 Å². The molecule has 5 heteroatoms. The van der Waals surface area contributed by atoms with Gasteiger partial charge in [0.1, 0.15) is 11.3 Å². The molecule has 0 aliphatic heterocycles. The zero-order valence-corrected chi connectivity index (χ0v) is 11.1. The average molecular weight is 277 g/mol. The molecule has 0 saturated carbocycles. The zero-order chi connectivity index (χ0) is 14.7. The fourth-order valence-electron chi connectivity index (χ4n) is 2.93. The number of carbonyl (C=O) groups is 1. The van der Waals surface area contributed by atoms with Crippen molar-refractivity contribution in [3.8, 4) is 0 Å². The van der Waals surface area contributed by atoms with Crippen LogP contribution in [0.3, 0.4) is 0 Å². The van der Waals surface area contributed by atoms with E-state index in [4.69, 9.17) is 0 Å². The Bertz CT molecular complexity index is 753. The number of aromatic nitrogens is 1. The van der Waals surface area contributed by atoms with E-state index >= 15 is 0 Å². The molecule has 0 radical (unpaired) electrons. The molecule has 1 N–H and O–H groups in total. The van der Waals surface area contributed by atoms with Gasteiger partial charge in [-0.1, -0.05) is 13.8 Å². The highest BCUT2D eigenvalue weighted by Crippen LogP contribution is 2.41. The first-order valence-corrected chi connectivity index (χ1v) is 6.36. The minimum atomic E-state index is -1.17. The van der Waals surface area contributed by atoms with Crippen molar-refractivity contribution < 1.29 is 18.7 Å². The number of benzene rings is 1. The van der Waals surface area contributed by atoms with Crippen molar-refractivity contribution in [2.45, 2.75) is 32.1 Å². The number of rotatable bonds is 1. The van der Waals surface area contributed by atoms with Gasteiger partial charge < -0.3 is 5.11 Å². The number of hydrogen-bond acceptors (Lipinski definition) is 2. The molecule has 1 aliphatic rings. The van der Waals surface area contributed by atoms with E-state index < -0.39 is 17.6 Å². The van der Waals surface area contributed by atoms with Crippen LogP contribution in [0.15, 0.2) is 12.1 Å². The second kappa shape index (κ2) is 3.98. The van der Waals surface area contributed by atoms with Crippen molar-refractivity contribution in [3.05, 3.63) is 40.6 Å². The van der Waals surface area contributed by atoms with E-state index in [1.807, 2.05) is 13.8 Å². The second-order valence-corrected chi connectivity index (χ2v) is 5.79. The predicted octanol–water partition coefficient (Wildman–Crippen LogP) is 3.44. The summed E-state index contributed by atoms with van der Waals surface area (Å²) in [7, 11) is 0. The number of nitrogens with zero attached hydrogens (tertiary/aromatic N) is 1. The van der Waals surface area contributed by atoms with E-state index in [9.17, 15) is 18.7 Å². The summed E-state index contributed by atoms with van der Waals surface area (Å²) in [6, 6.07) is 1.77. The quantitative estimate of drug-likeness (QED) is 0.868. The van der Waals surface area contributed by atoms with Gasteiger partial charge in [-0.3, -0.25) is 0 Å². The first kappa shape index (κ1) is 13.0. The Labute approximate surface area is 114 Å². The van der Waals surface area contributed by atoms with Gasteiger partial charge in [-0.05, 0) is 24.5 Å². The van der Waals surface area contributed by atoms with Gasteiger partial charge >= 0.3 is 5.97 Å². The van der Waals surface area contributed by atoms with E-state index in [-0.39, 0.29) is 21.9 Å². The van der Waals surface area contributed by atoms with Crippen LogP contribution in [0.2, 0.25) is 0 Å². The molecule has 0 spiro atoms. The Morgan fingerprint density at radius 3 is 2.70 bits per heavy atom. The maximum atomic E-state index is 13.9. The maximum Gasteiger partial charge on any atom is 0.336 e. The van der Waals surface area contributed by atoms with Crippen LogP contribution >= 0.6 is 0 Å². The van der Waals surface area contributed by atoms with Gasteiger partial charge in [0.25, 0.3) is 0 Å². The summed E-state index contributed by atoms with van der Waals surface area (Å²) in [6.07, 6.45) is 1.31. The highest BCUT2D eigenvalue weighted by atomic mass is 19.1. The van der Waals surface area contributed by atoms with Crippen molar-refractivity contribution in [1.82, 2.24) is 4.98 Å². The lowest BCUT2D eigenvalue weighted by atomic mass is 9.89. The SMILES string of the molecule is CC1(C)CCc2c1nc1c(F)cc(F)cc1c2C(=O)O. The molecule has 0 bridgehead atoms. The molecule has 1 aromatic heterocycles. The van der Waals surface area contributed by atoms with Crippen LogP contribution in [0.5, 0.6) is 0 Å². The van der Waals surface area contributed by atoms with E-state index in [2.05, 4.69) is 4.98 Å². The number of halogens is 2. The minimum Gasteiger partial charge on any atom is -0.478 e. The normalized spacial score (nSPS) is 16.4. The Kier molecular flexibility index (Phi) is 2.58. The second-order valence-electron chi connectivity index (χ2n) is 5.79. The number of carboxylic acid groups (broad SMARTS) is 1. The van der Waals surface area contributed by atoms with Gasteiger partial charge in [-0.25, -0.2) is 18.6 Å². The number of fused-ring (bicyclic) bond motifs is 2. The van der Waals surface area contributed by atoms with Crippen molar-refractivity contribution in [2.75, 3.05) is 0 Å². The Balaban J connectivity index is 2.51. The molecule has 1 aromatic carbocycles. The summed E-state index contributed by atoms with van der Waals surface area (Å²) in [6.45, 7) is 3.90. The van der Waals surface area contributed by atoms with Crippen LogP contribution in [-0.2, 0) is 11.8 Å². The summed E-state index contributed by atoms with van der Waals surface area (Å²) in [5.74, 6) is -2.79. The van der Waals surface area contributed by atoms with E-state index in [1.54, 1.807) is 0 Å². The van der Waals surface area contributed by atoms with Crippen LogP contribution in [0.25, 0.3) is 10.9 Å². The van der Waals surface area contributed by atoms with Crippen molar-refractivity contribution in [3.63, 3.8) is 0 Å².